The van der Waals surface area contributed by atoms with Gasteiger partial charge >= 0.3 is 5.97 Å². The number of hydrogen-bond acceptors (Lipinski definition) is 6. The van der Waals surface area contributed by atoms with Gasteiger partial charge in [-0.25, -0.2) is 0 Å². The first-order valence-corrected chi connectivity index (χ1v) is 20.9. The number of benzene rings is 3. The molecule has 0 amide bonds. The predicted molar refractivity (Wildman–Crippen MR) is 209 cm³/mol. The van der Waals surface area contributed by atoms with Crippen molar-refractivity contribution in [2.45, 2.75) is 117 Å². The molecule has 0 saturated heterocycles. The van der Waals surface area contributed by atoms with Gasteiger partial charge in [-0.15, -0.1) is 0 Å². The van der Waals surface area contributed by atoms with Crippen LogP contribution >= 0.6 is 0 Å². The number of carbonyl (C=O) groups excluding carboxylic acids is 2. The third-order valence-corrected chi connectivity index (χ3v) is 15.8. The van der Waals surface area contributed by atoms with Crippen molar-refractivity contribution in [3.05, 3.63) is 96.6 Å². The summed E-state index contributed by atoms with van der Waals surface area (Å²) in [7, 11) is -2.64. The van der Waals surface area contributed by atoms with Crippen LogP contribution in [0.15, 0.2) is 96.0 Å². The van der Waals surface area contributed by atoms with Crippen molar-refractivity contribution in [3.8, 4) is 0 Å². The van der Waals surface area contributed by atoms with Crippen LogP contribution in [-0.4, -0.2) is 50.6 Å². The molecule has 51 heavy (non-hydrogen) atoms. The van der Waals surface area contributed by atoms with Gasteiger partial charge in [-0.1, -0.05) is 119 Å². The van der Waals surface area contributed by atoms with E-state index < -0.39 is 19.3 Å². The summed E-state index contributed by atoms with van der Waals surface area (Å²) < 4.78 is 20.0. The topological polar surface area (TPSA) is 74.2 Å². The summed E-state index contributed by atoms with van der Waals surface area (Å²) in [5.74, 6) is -0.343. The number of nitrogens with zero attached hydrogens (tertiary/aromatic N) is 1. The molecule has 2 aliphatic rings. The minimum atomic E-state index is -2.64. The van der Waals surface area contributed by atoms with Crippen LogP contribution in [0.25, 0.3) is 0 Å². The van der Waals surface area contributed by atoms with E-state index in [1.807, 2.05) is 39.0 Å². The van der Waals surface area contributed by atoms with Crippen LogP contribution < -0.4 is 10.4 Å². The maximum Gasteiger partial charge on any atom is 0.318 e. The molecule has 3 aromatic carbocycles. The van der Waals surface area contributed by atoms with Gasteiger partial charge in [-0.2, -0.15) is 0 Å². The highest BCUT2D eigenvalue weighted by Gasteiger charge is 2.59. The van der Waals surface area contributed by atoms with Gasteiger partial charge in [0.25, 0.3) is 8.32 Å². The average Bonchev–Trinajstić information content (AvgIpc) is 3.09. The van der Waals surface area contributed by atoms with E-state index in [1.165, 1.54) is 10.4 Å². The lowest BCUT2D eigenvalue weighted by Crippen LogP contribution is -2.66. The molecule has 0 N–H and O–H groups in total. The first kappa shape index (κ1) is 38.8. The molecule has 0 aromatic heterocycles. The van der Waals surface area contributed by atoms with E-state index in [9.17, 15) is 9.59 Å². The number of aliphatic imine (C=N–C) groups is 1. The van der Waals surface area contributed by atoms with E-state index in [1.54, 1.807) is 0 Å². The lowest BCUT2D eigenvalue weighted by atomic mass is 9.56. The normalized spacial score (nSPS) is 22.5. The van der Waals surface area contributed by atoms with Crippen LogP contribution in [0.1, 0.15) is 99.0 Å². The number of Topliss-reactive ketones (excluding diaryl/α,β-unsaturated/α-hetero) is 1. The standard InChI is InChI=1S/C44H59NO5Si/c1-33-30-39-44(27-19-28-45-39,41(47)50-42(2,3)4)38(40(33)48-32-34-20-11-8-12-21-34)31-35(46)22-17-18-29-49-51(43(5,6)7,36-23-13-9-14-24-36)37-25-15-10-16-26-37/h8-16,20-21,23-26,33,38,40H,17-19,22,27-32H2,1-7H3/t33-,38+,40+,44+/m0/s1. The van der Waals surface area contributed by atoms with E-state index in [4.69, 9.17) is 18.9 Å². The van der Waals surface area contributed by atoms with Crippen LogP contribution in [0, 0.1) is 17.3 Å². The molecule has 7 heteroatoms. The molecule has 6 nitrogen and oxygen atoms in total. The Labute approximate surface area is 307 Å². The summed E-state index contributed by atoms with van der Waals surface area (Å²) in [5, 5.41) is 2.41. The Morgan fingerprint density at radius 2 is 1.43 bits per heavy atom. The molecule has 0 bridgehead atoms. The third-order valence-electron chi connectivity index (χ3n) is 10.7. The third kappa shape index (κ3) is 8.81. The highest BCUT2D eigenvalue weighted by atomic mass is 28.4. The van der Waals surface area contributed by atoms with E-state index in [0.717, 1.165) is 30.5 Å². The van der Waals surface area contributed by atoms with Gasteiger partial charge in [-0.3, -0.25) is 14.6 Å². The molecule has 1 aliphatic carbocycles. The Bertz CT molecular complexity index is 1570. The Morgan fingerprint density at radius 3 is 2.00 bits per heavy atom. The SMILES string of the molecule is C[C@H]1CC2=NCCC[C@@]2(C(=O)OC(C)(C)C)[C@H](CC(=O)CCCCO[Si](c2ccccc2)(c2ccccc2)C(C)(C)C)[C@@H]1OCc1ccccc1. The molecular weight excluding hydrogens is 651 g/mol. The van der Waals surface area contributed by atoms with Crippen molar-refractivity contribution in [3.63, 3.8) is 0 Å². The summed E-state index contributed by atoms with van der Waals surface area (Å²) in [5.41, 5.74) is 0.357. The average molecular weight is 710 g/mol. The molecule has 4 atom stereocenters. The van der Waals surface area contributed by atoms with Crippen molar-refractivity contribution < 1.29 is 23.5 Å². The van der Waals surface area contributed by atoms with Gasteiger partial charge in [0.15, 0.2) is 0 Å². The predicted octanol–water partition coefficient (Wildman–Crippen LogP) is 8.50. The lowest BCUT2D eigenvalue weighted by molar-refractivity contribution is -0.175. The first-order valence-electron chi connectivity index (χ1n) is 19.0. The molecule has 1 saturated carbocycles. The number of ether oxygens (including phenoxy) is 2. The van der Waals surface area contributed by atoms with Crippen LogP contribution in [0.3, 0.4) is 0 Å². The quantitative estimate of drug-likeness (QED) is 0.0954. The van der Waals surface area contributed by atoms with Crippen molar-refractivity contribution in [2.24, 2.45) is 22.2 Å². The van der Waals surface area contributed by atoms with Gasteiger partial charge in [-0.05, 0) is 79.8 Å². The van der Waals surface area contributed by atoms with Gasteiger partial charge < -0.3 is 13.9 Å². The molecule has 0 radical (unpaired) electrons. The maximum absolute atomic E-state index is 14.3. The summed E-state index contributed by atoms with van der Waals surface area (Å²) in [6.45, 7) is 16.5. The second kappa shape index (κ2) is 16.5. The number of fused-ring (bicyclic) bond motifs is 1. The molecule has 1 aliphatic heterocycles. The fourth-order valence-corrected chi connectivity index (χ4v) is 13.0. The highest BCUT2D eigenvalue weighted by Crippen LogP contribution is 2.51. The minimum Gasteiger partial charge on any atom is -0.459 e. The second-order valence-electron chi connectivity index (χ2n) is 16.7. The summed E-state index contributed by atoms with van der Waals surface area (Å²) in [6, 6.07) is 31.5. The largest absolute Gasteiger partial charge is 0.459 e. The first-order chi connectivity index (χ1) is 24.3. The number of hydrogen-bond donors (Lipinski definition) is 0. The van der Waals surface area contributed by atoms with Crippen molar-refractivity contribution in [2.75, 3.05) is 13.2 Å². The lowest BCUT2D eigenvalue weighted by Gasteiger charge is -2.51. The van der Waals surface area contributed by atoms with Crippen LogP contribution in [0.2, 0.25) is 5.04 Å². The smallest absolute Gasteiger partial charge is 0.318 e. The monoisotopic (exact) mass is 709 g/mol. The van der Waals surface area contributed by atoms with Crippen molar-refractivity contribution in [1.82, 2.24) is 0 Å². The number of unbranched alkanes of at least 4 members (excludes halogenated alkanes) is 1. The van der Waals surface area contributed by atoms with Gasteiger partial charge in [0.1, 0.15) is 16.8 Å². The zero-order valence-corrected chi connectivity index (χ0v) is 33.0. The number of rotatable bonds is 14. The van der Waals surface area contributed by atoms with Gasteiger partial charge in [0, 0.05) is 37.6 Å². The molecule has 0 unspecified atom stereocenters. The fourth-order valence-electron chi connectivity index (χ4n) is 8.44. The Hall–Kier alpha value is -3.39. The molecule has 0 spiro atoms. The molecule has 3 aromatic rings. The molecule has 5 rings (SSSR count). The highest BCUT2D eigenvalue weighted by molar-refractivity contribution is 6.99. The van der Waals surface area contributed by atoms with Crippen LogP contribution in [0.4, 0.5) is 0 Å². The number of ketones is 1. The summed E-state index contributed by atoms with van der Waals surface area (Å²) >= 11 is 0. The van der Waals surface area contributed by atoms with Crippen LogP contribution in [0.5, 0.6) is 0 Å². The summed E-state index contributed by atoms with van der Waals surface area (Å²) in [4.78, 5) is 33.3. The fraction of sp³-hybridized carbons (Fsp3) is 0.523. The van der Waals surface area contributed by atoms with Gasteiger partial charge in [0.2, 0.25) is 0 Å². The van der Waals surface area contributed by atoms with E-state index in [2.05, 4.69) is 100 Å². The Kier molecular flexibility index (Phi) is 12.6. The number of carbonyl (C=O) groups is 2. The molecule has 274 valence electrons. The Morgan fingerprint density at radius 1 is 0.843 bits per heavy atom. The van der Waals surface area contributed by atoms with Crippen molar-refractivity contribution in [1.29, 1.82) is 0 Å². The number of esters is 1. The van der Waals surface area contributed by atoms with E-state index in [0.29, 0.717) is 39.0 Å². The van der Waals surface area contributed by atoms with E-state index >= 15 is 0 Å². The van der Waals surface area contributed by atoms with E-state index in [-0.39, 0.29) is 41.2 Å². The van der Waals surface area contributed by atoms with Crippen LogP contribution in [-0.2, 0) is 30.1 Å². The summed E-state index contributed by atoms with van der Waals surface area (Å²) in [6.07, 6.45) is 3.98. The molecular formula is C44H59NO5Si. The zero-order chi connectivity index (χ0) is 36.7. The zero-order valence-electron chi connectivity index (χ0n) is 32.0. The second-order valence-corrected chi connectivity index (χ2v) is 21.0. The molecule has 1 heterocycles. The van der Waals surface area contributed by atoms with Gasteiger partial charge in [0.05, 0.1) is 12.7 Å². The molecule has 1 fully saturated rings. The van der Waals surface area contributed by atoms with Crippen molar-refractivity contribution >= 4 is 36.2 Å². The Balaban J connectivity index is 1.34. The minimum absolute atomic E-state index is 0.104. The maximum atomic E-state index is 14.3.